The molecule has 2 N–H and O–H groups in total. The highest BCUT2D eigenvalue weighted by Crippen LogP contribution is 2.32. The number of hydrogen-bond donors (Lipinski definition) is 2. The van der Waals surface area contributed by atoms with Crippen LogP contribution in [-0.4, -0.2) is 18.2 Å². The van der Waals surface area contributed by atoms with E-state index in [0.29, 0.717) is 12.1 Å². The fourth-order valence-corrected chi connectivity index (χ4v) is 2.43. The van der Waals surface area contributed by atoms with Crippen LogP contribution in [0.25, 0.3) is 0 Å². The third-order valence-electron chi connectivity index (χ3n) is 2.84. The quantitative estimate of drug-likeness (QED) is 0.867. The summed E-state index contributed by atoms with van der Waals surface area (Å²) >= 11 is 11.7. The van der Waals surface area contributed by atoms with E-state index in [9.17, 15) is 9.50 Å². The summed E-state index contributed by atoms with van der Waals surface area (Å²) in [5, 5.41) is 13.4. The molecular weight excluding hydrogens is 264 g/mol. The second kappa shape index (κ2) is 5.53. The van der Waals surface area contributed by atoms with Gasteiger partial charge in [-0.05, 0) is 37.4 Å². The standard InChI is InChI=1S/C12H14Cl2FNO/c13-9-3-8(15)4-10(14)12(9)11(17)6-16-5-7-1-2-7/h3-4,7,11,16-17H,1-2,5-6H2. The van der Waals surface area contributed by atoms with E-state index in [4.69, 9.17) is 23.2 Å². The van der Waals surface area contributed by atoms with Gasteiger partial charge in [0.05, 0.1) is 16.1 Å². The second-order valence-corrected chi connectivity index (χ2v) is 5.21. The Balaban J connectivity index is 1.99. The largest absolute Gasteiger partial charge is 0.387 e. The van der Waals surface area contributed by atoms with Crippen molar-refractivity contribution in [1.82, 2.24) is 5.32 Å². The average molecular weight is 278 g/mol. The lowest BCUT2D eigenvalue weighted by molar-refractivity contribution is 0.174. The Morgan fingerprint density at radius 1 is 1.35 bits per heavy atom. The maximum absolute atomic E-state index is 13.0. The molecule has 1 fully saturated rings. The number of benzene rings is 1. The first-order valence-electron chi connectivity index (χ1n) is 5.61. The molecule has 0 amide bonds. The molecule has 1 aromatic rings. The van der Waals surface area contributed by atoms with Crippen LogP contribution in [0.5, 0.6) is 0 Å². The molecule has 1 aliphatic carbocycles. The Morgan fingerprint density at radius 3 is 2.47 bits per heavy atom. The fraction of sp³-hybridized carbons (Fsp3) is 0.500. The van der Waals surface area contributed by atoms with Crippen molar-refractivity contribution in [1.29, 1.82) is 0 Å². The number of aliphatic hydroxyl groups is 1. The molecule has 1 atom stereocenters. The maximum Gasteiger partial charge on any atom is 0.126 e. The average Bonchev–Trinajstić information content (AvgIpc) is 2.99. The number of rotatable bonds is 5. The van der Waals surface area contributed by atoms with Crippen molar-refractivity contribution in [2.75, 3.05) is 13.1 Å². The number of halogens is 3. The monoisotopic (exact) mass is 277 g/mol. The van der Waals surface area contributed by atoms with Crippen molar-refractivity contribution in [3.05, 3.63) is 33.6 Å². The zero-order valence-corrected chi connectivity index (χ0v) is 10.7. The molecule has 17 heavy (non-hydrogen) atoms. The lowest BCUT2D eigenvalue weighted by Crippen LogP contribution is -2.24. The topological polar surface area (TPSA) is 32.3 Å². The molecule has 1 saturated carbocycles. The number of nitrogens with one attached hydrogen (secondary N) is 1. The summed E-state index contributed by atoms with van der Waals surface area (Å²) in [5.41, 5.74) is 0.387. The van der Waals surface area contributed by atoms with Gasteiger partial charge >= 0.3 is 0 Å². The molecule has 0 aliphatic heterocycles. The molecular formula is C12H14Cl2FNO. The van der Waals surface area contributed by atoms with E-state index in [-0.39, 0.29) is 10.0 Å². The highest BCUT2D eigenvalue weighted by atomic mass is 35.5. The second-order valence-electron chi connectivity index (χ2n) is 4.40. The molecule has 94 valence electrons. The Kier molecular flexibility index (Phi) is 4.26. The minimum atomic E-state index is -0.811. The Labute approximate surface area is 110 Å². The maximum atomic E-state index is 13.0. The SMILES string of the molecule is OC(CNCC1CC1)c1c(Cl)cc(F)cc1Cl. The predicted octanol–water partition coefficient (Wildman–Crippen LogP) is 3.17. The highest BCUT2D eigenvalue weighted by molar-refractivity contribution is 6.36. The molecule has 1 aromatic carbocycles. The van der Waals surface area contributed by atoms with E-state index in [0.717, 1.165) is 24.6 Å². The van der Waals surface area contributed by atoms with E-state index in [1.165, 1.54) is 12.8 Å². The molecule has 0 radical (unpaired) electrons. The van der Waals surface area contributed by atoms with Crippen LogP contribution in [-0.2, 0) is 0 Å². The van der Waals surface area contributed by atoms with E-state index in [2.05, 4.69) is 5.32 Å². The lowest BCUT2D eigenvalue weighted by Gasteiger charge is -2.15. The Bertz CT molecular complexity index is 386. The molecule has 0 heterocycles. The van der Waals surface area contributed by atoms with E-state index >= 15 is 0 Å². The van der Waals surface area contributed by atoms with Gasteiger partial charge in [-0.2, -0.15) is 0 Å². The number of hydrogen-bond acceptors (Lipinski definition) is 2. The zero-order chi connectivity index (χ0) is 12.4. The first-order chi connectivity index (χ1) is 8.08. The van der Waals surface area contributed by atoms with Crippen molar-refractivity contribution in [3.63, 3.8) is 0 Å². The summed E-state index contributed by atoms with van der Waals surface area (Å²) in [4.78, 5) is 0. The molecule has 1 unspecified atom stereocenters. The molecule has 5 heteroatoms. The third kappa shape index (κ3) is 3.55. The minimum absolute atomic E-state index is 0.163. The van der Waals surface area contributed by atoms with Gasteiger partial charge in [0.2, 0.25) is 0 Å². The summed E-state index contributed by atoms with van der Waals surface area (Å²) in [6.45, 7) is 1.27. The van der Waals surface area contributed by atoms with Crippen molar-refractivity contribution in [2.24, 2.45) is 5.92 Å². The summed E-state index contributed by atoms with van der Waals surface area (Å²) in [5.74, 6) is 0.239. The molecule has 0 bridgehead atoms. The lowest BCUT2D eigenvalue weighted by atomic mass is 10.1. The van der Waals surface area contributed by atoms with Gasteiger partial charge in [0.15, 0.2) is 0 Å². The van der Waals surface area contributed by atoms with Gasteiger partial charge in [-0.25, -0.2) is 4.39 Å². The molecule has 0 spiro atoms. The summed E-state index contributed by atoms with van der Waals surface area (Å²) in [7, 11) is 0. The first kappa shape index (κ1) is 13.1. The van der Waals surface area contributed by atoms with E-state index in [1.807, 2.05) is 0 Å². The van der Waals surface area contributed by atoms with Crippen LogP contribution in [0.2, 0.25) is 10.0 Å². The summed E-state index contributed by atoms with van der Waals surface area (Å²) < 4.78 is 13.0. The van der Waals surface area contributed by atoms with Gasteiger partial charge < -0.3 is 10.4 Å². The van der Waals surface area contributed by atoms with Crippen LogP contribution in [0.4, 0.5) is 4.39 Å². The van der Waals surface area contributed by atoms with Crippen molar-refractivity contribution in [2.45, 2.75) is 18.9 Å². The van der Waals surface area contributed by atoms with Crippen LogP contribution < -0.4 is 5.32 Å². The Morgan fingerprint density at radius 2 is 1.94 bits per heavy atom. The van der Waals surface area contributed by atoms with Gasteiger partial charge in [-0.15, -0.1) is 0 Å². The van der Waals surface area contributed by atoms with Crippen LogP contribution in [0, 0.1) is 11.7 Å². The highest BCUT2D eigenvalue weighted by Gasteiger charge is 2.22. The van der Waals surface area contributed by atoms with Crippen molar-refractivity contribution < 1.29 is 9.50 Å². The number of aliphatic hydroxyl groups excluding tert-OH is 1. The smallest absolute Gasteiger partial charge is 0.126 e. The van der Waals surface area contributed by atoms with Crippen LogP contribution in [0.3, 0.4) is 0 Å². The first-order valence-corrected chi connectivity index (χ1v) is 6.36. The normalized spacial score (nSPS) is 17.2. The molecule has 1 aliphatic rings. The summed E-state index contributed by atoms with van der Waals surface area (Å²) in [6.07, 6.45) is 1.69. The Hall–Kier alpha value is -0.350. The molecule has 2 rings (SSSR count). The van der Waals surface area contributed by atoms with Gasteiger partial charge in [0.1, 0.15) is 5.82 Å². The molecule has 0 saturated heterocycles. The summed E-state index contributed by atoms with van der Waals surface area (Å²) in [6, 6.07) is 2.32. The van der Waals surface area contributed by atoms with E-state index in [1.54, 1.807) is 0 Å². The molecule has 0 aromatic heterocycles. The van der Waals surface area contributed by atoms with Gasteiger partial charge in [0, 0.05) is 12.1 Å². The molecule has 2 nitrogen and oxygen atoms in total. The van der Waals surface area contributed by atoms with Crippen LogP contribution in [0.15, 0.2) is 12.1 Å². The van der Waals surface area contributed by atoms with Crippen LogP contribution in [0.1, 0.15) is 24.5 Å². The van der Waals surface area contributed by atoms with Crippen molar-refractivity contribution >= 4 is 23.2 Å². The van der Waals surface area contributed by atoms with E-state index < -0.39 is 11.9 Å². The van der Waals surface area contributed by atoms with Crippen molar-refractivity contribution in [3.8, 4) is 0 Å². The van der Waals surface area contributed by atoms with Gasteiger partial charge in [0.25, 0.3) is 0 Å². The van der Waals surface area contributed by atoms with Gasteiger partial charge in [-0.3, -0.25) is 0 Å². The predicted molar refractivity (Wildman–Crippen MR) is 67.0 cm³/mol. The zero-order valence-electron chi connectivity index (χ0n) is 9.22. The van der Waals surface area contributed by atoms with Gasteiger partial charge in [-0.1, -0.05) is 23.2 Å². The fourth-order valence-electron chi connectivity index (χ4n) is 1.72. The van der Waals surface area contributed by atoms with Crippen LogP contribution >= 0.6 is 23.2 Å². The minimum Gasteiger partial charge on any atom is -0.387 e. The third-order valence-corrected chi connectivity index (χ3v) is 3.47.